The van der Waals surface area contributed by atoms with Gasteiger partial charge in [0.2, 0.25) is 0 Å². The Hall–Kier alpha value is -1.26. The number of benzene rings is 1. The van der Waals surface area contributed by atoms with Crippen molar-refractivity contribution in [2.24, 2.45) is 13.0 Å². The van der Waals surface area contributed by atoms with Crippen LogP contribution in [0.1, 0.15) is 25.1 Å². The number of rotatable bonds is 7. The van der Waals surface area contributed by atoms with Crippen molar-refractivity contribution in [2.45, 2.75) is 31.0 Å². The topological polar surface area (TPSA) is 29.9 Å². The fourth-order valence-corrected chi connectivity index (χ4v) is 2.81. The third-order valence-electron chi connectivity index (χ3n) is 3.11. The molecule has 0 bridgehead atoms. The van der Waals surface area contributed by atoms with Gasteiger partial charge in [-0.15, -0.1) is 11.8 Å². The number of hydrogen-bond acceptors (Lipinski definition) is 3. The molecule has 0 unspecified atom stereocenters. The Labute approximate surface area is 125 Å². The van der Waals surface area contributed by atoms with Crippen molar-refractivity contribution in [3.63, 3.8) is 0 Å². The molecule has 0 saturated carbocycles. The van der Waals surface area contributed by atoms with Gasteiger partial charge in [0.05, 0.1) is 6.33 Å². The van der Waals surface area contributed by atoms with E-state index in [9.17, 15) is 0 Å². The molecule has 1 aromatic heterocycles. The number of imidazole rings is 1. The molecule has 4 heteroatoms. The third-order valence-corrected chi connectivity index (χ3v) is 4.15. The van der Waals surface area contributed by atoms with Gasteiger partial charge in [-0.05, 0) is 30.2 Å². The first-order valence-electron chi connectivity index (χ1n) is 7.03. The number of nitrogens with zero attached hydrogens (tertiary/aromatic N) is 2. The van der Waals surface area contributed by atoms with Crippen molar-refractivity contribution in [3.05, 3.63) is 48.0 Å². The first-order chi connectivity index (χ1) is 9.65. The maximum absolute atomic E-state index is 4.14. The summed E-state index contributed by atoms with van der Waals surface area (Å²) in [4.78, 5) is 5.44. The van der Waals surface area contributed by atoms with Crippen LogP contribution in [0.15, 0.2) is 41.7 Å². The minimum Gasteiger partial charge on any atom is -0.337 e. The second-order valence-corrected chi connectivity index (χ2v) is 6.50. The summed E-state index contributed by atoms with van der Waals surface area (Å²) in [6.45, 7) is 6.47. The highest BCUT2D eigenvalue weighted by Crippen LogP contribution is 2.22. The summed E-state index contributed by atoms with van der Waals surface area (Å²) in [6, 6.07) is 8.82. The lowest BCUT2D eigenvalue weighted by atomic mass is 10.2. The van der Waals surface area contributed by atoms with Crippen molar-refractivity contribution in [3.8, 4) is 0 Å². The van der Waals surface area contributed by atoms with Crippen LogP contribution in [-0.2, 0) is 19.3 Å². The van der Waals surface area contributed by atoms with Crippen LogP contribution < -0.4 is 5.32 Å². The maximum Gasteiger partial charge on any atom is 0.0945 e. The Kier molecular flexibility index (Phi) is 5.68. The van der Waals surface area contributed by atoms with Crippen molar-refractivity contribution >= 4 is 11.8 Å². The van der Waals surface area contributed by atoms with Crippen LogP contribution in [0.25, 0.3) is 0 Å². The molecule has 0 amide bonds. The van der Waals surface area contributed by atoms with E-state index in [0.29, 0.717) is 5.92 Å². The van der Waals surface area contributed by atoms with Gasteiger partial charge in [-0.2, -0.15) is 0 Å². The summed E-state index contributed by atoms with van der Waals surface area (Å²) >= 11 is 1.85. The van der Waals surface area contributed by atoms with E-state index in [0.717, 1.165) is 18.8 Å². The van der Waals surface area contributed by atoms with E-state index < -0.39 is 0 Å². The fourth-order valence-electron chi connectivity index (χ4n) is 1.89. The zero-order valence-corrected chi connectivity index (χ0v) is 13.3. The van der Waals surface area contributed by atoms with E-state index in [4.69, 9.17) is 0 Å². The highest BCUT2D eigenvalue weighted by atomic mass is 32.2. The predicted molar refractivity (Wildman–Crippen MR) is 85.8 cm³/mol. The quantitative estimate of drug-likeness (QED) is 0.792. The van der Waals surface area contributed by atoms with Crippen LogP contribution in [0, 0.1) is 5.92 Å². The summed E-state index contributed by atoms with van der Waals surface area (Å²) in [6.07, 6.45) is 3.77. The van der Waals surface area contributed by atoms with Crippen LogP contribution >= 0.6 is 11.8 Å². The van der Waals surface area contributed by atoms with Gasteiger partial charge in [0, 0.05) is 36.1 Å². The van der Waals surface area contributed by atoms with E-state index >= 15 is 0 Å². The van der Waals surface area contributed by atoms with E-state index in [1.807, 2.05) is 31.3 Å². The normalized spacial score (nSPS) is 11.2. The van der Waals surface area contributed by atoms with Crippen LogP contribution in [0.2, 0.25) is 0 Å². The molecule has 0 aliphatic heterocycles. The molecule has 0 atom stereocenters. The Balaban J connectivity index is 1.81. The number of nitrogens with one attached hydrogen (secondary N) is 1. The zero-order valence-electron chi connectivity index (χ0n) is 12.5. The molecule has 1 heterocycles. The Bertz CT molecular complexity index is 517. The van der Waals surface area contributed by atoms with E-state index in [1.165, 1.54) is 16.2 Å². The highest BCUT2D eigenvalue weighted by molar-refractivity contribution is 7.98. The largest absolute Gasteiger partial charge is 0.337 e. The van der Waals surface area contributed by atoms with Crippen LogP contribution in [0.4, 0.5) is 0 Å². The van der Waals surface area contributed by atoms with Crippen LogP contribution in [0.5, 0.6) is 0 Å². The lowest BCUT2D eigenvalue weighted by Gasteiger charge is -2.08. The van der Waals surface area contributed by atoms with E-state index in [-0.39, 0.29) is 0 Å². The van der Waals surface area contributed by atoms with Gasteiger partial charge >= 0.3 is 0 Å². The molecule has 1 N–H and O–H groups in total. The van der Waals surface area contributed by atoms with Crippen molar-refractivity contribution < 1.29 is 0 Å². The SMILES string of the molecule is CC(C)CNCc1ccc(SCc2cncn2C)cc1. The van der Waals surface area contributed by atoms with Gasteiger partial charge in [-0.1, -0.05) is 26.0 Å². The molecule has 2 aromatic rings. The average Bonchev–Trinajstić information content (AvgIpc) is 2.83. The Morgan fingerprint density at radius 1 is 1.25 bits per heavy atom. The van der Waals surface area contributed by atoms with Crippen molar-refractivity contribution in [2.75, 3.05) is 6.54 Å². The van der Waals surface area contributed by atoms with Crippen molar-refractivity contribution in [1.29, 1.82) is 0 Å². The van der Waals surface area contributed by atoms with Gasteiger partial charge in [0.1, 0.15) is 0 Å². The summed E-state index contributed by atoms with van der Waals surface area (Å²) < 4.78 is 2.07. The number of aryl methyl sites for hydroxylation is 1. The second kappa shape index (κ2) is 7.50. The third kappa shape index (κ3) is 4.69. The molecular weight excluding hydrogens is 266 g/mol. The first-order valence-corrected chi connectivity index (χ1v) is 8.01. The molecule has 0 fully saturated rings. The smallest absolute Gasteiger partial charge is 0.0945 e. The molecule has 0 radical (unpaired) electrons. The van der Waals surface area contributed by atoms with Crippen molar-refractivity contribution in [1.82, 2.24) is 14.9 Å². The van der Waals surface area contributed by atoms with Gasteiger partial charge in [0.25, 0.3) is 0 Å². The number of thioether (sulfide) groups is 1. The number of hydrogen-bond donors (Lipinski definition) is 1. The predicted octanol–water partition coefficient (Wildman–Crippen LogP) is 3.46. The molecule has 0 aliphatic carbocycles. The molecule has 108 valence electrons. The minimum atomic E-state index is 0.698. The zero-order chi connectivity index (χ0) is 14.4. The van der Waals surface area contributed by atoms with Gasteiger partial charge in [-0.25, -0.2) is 4.98 Å². The summed E-state index contributed by atoms with van der Waals surface area (Å²) in [5.74, 6) is 1.66. The Morgan fingerprint density at radius 2 is 2.00 bits per heavy atom. The highest BCUT2D eigenvalue weighted by Gasteiger charge is 2.01. The van der Waals surface area contributed by atoms with Crippen LogP contribution in [0.3, 0.4) is 0 Å². The molecule has 0 aliphatic rings. The molecule has 2 rings (SSSR count). The standard InChI is InChI=1S/C16H23N3S/c1-13(2)8-17-9-14-4-6-16(7-5-14)20-11-15-10-18-12-19(15)3/h4-7,10,12-13,17H,8-9,11H2,1-3H3. The maximum atomic E-state index is 4.14. The van der Waals surface area contributed by atoms with E-state index in [2.05, 4.69) is 53.0 Å². The van der Waals surface area contributed by atoms with Gasteiger partial charge in [-0.3, -0.25) is 0 Å². The first kappa shape index (κ1) is 15.1. The molecule has 0 spiro atoms. The minimum absolute atomic E-state index is 0.698. The molecular formula is C16H23N3S. The fraction of sp³-hybridized carbons (Fsp3) is 0.438. The van der Waals surface area contributed by atoms with Crippen LogP contribution in [-0.4, -0.2) is 16.1 Å². The molecule has 20 heavy (non-hydrogen) atoms. The van der Waals surface area contributed by atoms with E-state index in [1.54, 1.807) is 0 Å². The summed E-state index contributed by atoms with van der Waals surface area (Å²) in [7, 11) is 2.03. The lowest BCUT2D eigenvalue weighted by molar-refractivity contribution is 0.552. The van der Waals surface area contributed by atoms with Gasteiger partial charge < -0.3 is 9.88 Å². The van der Waals surface area contributed by atoms with Gasteiger partial charge in [0.15, 0.2) is 0 Å². The number of aromatic nitrogens is 2. The summed E-state index contributed by atoms with van der Waals surface area (Å²) in [5, 5.41) is 3.46. The second-order valence-electron chi connectivity index (χ2n) is 5.45. The lowest BCUT2D eigenvalue weighted by Crippen LogP contribution is -2.18. The average molecular weight is 289 g/mol. The monoisotopic (exact) mass is 289 g/mol. The Morgan fingerprint density at radius 3 is 2.60 bits per heavy atom. The molecule has 0 saturated heterocycles. The molecule has 3 nitrogen and oxygen atoms in total. The summed E-state index contributed by atoms with van der Waals surface area (Å²) in [5.41, 5.74) is 2.59. The molecule has 1 aromatic carbocycles.